The van der Waals surface area contributed by atoms with Gasteiger partial charge in [0.2, 0.25) is 0 Å². The zero-order valence-corrected chi connectivity index (χ0v) is 20.9. The Balaban J connectivity index is 1.83. The number of rotatable bonds is 6. The maximum Gasteiger partial charge on any atom is 0.121 e. The second-order valence-corrected chi connectivity index (χ2v) is 9.78. The summed E-state index contributed by atoms with van der Waals surface area (Å²) in [6.45, 7) is 16.8. The van der Waals surface area contributed by atoms with Crippen LogP contribution in [0.15, 0.2) is 36.4 Å². The number of hydrogen-bond donors (Lipinski definition) is 2. The molecule has 0 amide bonds. The summed E-state index contributed by atoms with van der Waals surface area (Å²) in [6.07, 6.45) is 1.92. The minimum Gasteiger partial charge on any atom is -0.507 e. The molecule has 0 fully saturated rings. The number of aryl methyl sites for hydroxylation is 2. The molecule has 3 aromatic rings. The Morgan fingerprint density at radius 1 is 0.594 bits per heavy atom. The quantitative estimate of drug-likeness (QED) is 0.422. The summed E-state index contributed by atoms with van der Waals surface area (Å²) in [7, 11) is 0. The molecule has 0 bridgehead atoms. The molecule has 32 heavy (non-hydrogen) atoms. The van der Waals surface area contributed by atoms with Crippen molar-refractivity contribution in [1.29, 1.82) is 0 Å². The van der Waals surface area contributed by atoms with Crippen molar-refractivity contribution in [1.82, 2.24) is 0 Å². The van der Waals surface area contributed by atoms with Crippen LogP contribution >= 0.6 is 0 Å². The van der Waals surface area contributed by atoms with Crippen LogP contribution in [0.25, 0.3) is 0 Å². The third-order valence-electron chi connectivity index (χ3n) is 7.43. The van der Waals surface area contributed by atoms with Gasteiger partial charge in [-0.1, -0.05) is 50.2 Å². The molecule has 2 unspecified atom stereocenters. The van der Waals surface area contributed by atoms with E-state index in [1.54, 1.807) is 0 Å². The van der Waals surface area contributed by atoms with E-state index >= 15 is 0 Å². The van der Waals surface area contributed by atoms with E-state index in [1.807, 2.05) is 27.7 Å². The molecule has 2 heteroatoms. The van der Waals surface area contributed by atoms with Crippen molar-refractivity contribution in [2.45, 2.75) is 80.1 Å². The normalized spacial score (nSPS) is 13.2. The van der Waals surface area contributed by atoms with Crippen LogP contribution in [-0.4, -0.2) is 10.2 Å². The lowest BCUT2D eigenvalue weighted by molar-refractivity contribution is 0.465. The average Bonchev–Trinajstić information content (AvgIpc) is 2.78. The second-order valence-electron chi connectivity index (χ2n) is 9.78. The van der Waals surface area contributed by atoms with Gasteiger partial charge in [-0.2, -0.15) is 0 Å². The van der Waals surface area contributed by atoms with Crippen LogP contribution in [0.2, 0.25) is 0 Å². The van der Waals surface area contributed by atoms with Crippen LogP contribution in [0.1, 0.15) is 81.3 Å². The third-order valence-corrected chi connectivity index (χ3v) is 7.43. The fourth-order valence-corrected chi connectivity index (χ4v) is 4.80. The molecule has 2 atom stereocenters. The van der Waals surface area contributed by atoms with E-state index in [9.17, 15) is 10.2 Å². The molecular formula is C30H38O2. The molecule has 3 aromatic carbocycles. The Bertz CT molecular complexity index is 1050. The lowest BCUT2D eigenvalue weighted by atomic mass is 9.85. The molecule has 0 saturated heterocycles. The standard InChI is InChI=1S/C30H38O2/c1-17(12-27-14-19(3)29(31)23(7)21(27)5)25-10-9-11-26(16-25)18(2)13-28-15-20(4)30(32)24(8)22(28)6/h9-11,14-18,31-32H,12-13H2,1-8H3. The Kier molecular flexibility index (Phi) is 7.03. The van der Waals surface area contributed by atoms with Gasteiger partial charge in [-0.05, 0) is 122 Å². The predicted octanol–water partition coefficient (Wildman–Crippen LogP) is 7.64. The molecule has 170 valence electrons. The summed E-state index contributed by atoms with van der Waals surface area (Å²) in [5, 5.41) is 20.5. The first-order valence-electron chi connectivity index (χ1n) is 11.7. The summed E-state index contributed by atoms with van der Waals surface area (Å²) in [5.74, 6) is 1.63. The van der Waals surface area contributed by atoms with E-state index in [4.69, 9.17) is 0 Å². The molecule has 0 aliphatic heterocycles. The smallest absolute Gasteiger partial charge is 0.121 e. The number of phenolic OH excluding ortho intramolecular Hbond substituents is 2. The largest absolute Gasteiger partial charge is 0.507 e. The number of phenols is 2. The van der Waals surface area contributed by atoms with E-state index in [-0.39, 0.29) is 0 Å². The van der Waals surface area contributed by atoms with Crippen molar-refractivity contribution in [3.8, 4) is 11.5 Å². The van der Waals surface area contributed by atoms with Crippen LogP contribution in [0.3, 0.4) is 0 Å². The molecule has 3 rings (SSSR count). The maximum absolute atomic E-state index is 10.2. The molecule has 0 radical (unpaired) electrons. The summed E-state index contributed by atoms with van der Waals surface area (Å²) < 4.78 is 0. The zero-order valence-electron chi connectivity index (χ0n) is 20.9. The molecule has 0 heterocycles. The van der Waals surface area contributed by atoms with Gasteiger partial charge in [0.05, 0.1) is 0 Å². The lowest BCUT2D eigenvalue weighted by Crippen LogP contribution is -2.05. The van der Waals surface area contributed by atoms with Crippen molar-refractivity contribution in [3.05, 3.63) is 92.0 Å². The van der Waals surface area contributed by atoms with Gasteiger partial charge in [0.25, 0.3) is 0 Å². The van der Waals surface area contributed by atoms with E-state index in [0.717, 1.165) is 35.1 Å². The lowest BCUT2D eigenvalue weighted by Gasteiger charge is -2.20. The van der Waals surface area contributed by atoms with Crippen molar-refractivity contribution in [3.63, 3.8) is 0 Å². The van der Waals surface area contributed by atoms with E-state index in [1.165, 1.54) is 33.4 Å². The number of benzene rings is 3. The first kappa shape index (κ1) is 23.9. The maximum atomic E-state index is 10.2. The number of hydrogen-bond acceptors (Lipinski definition) is 2. The van der Waals surface area contributed by atoms with Gasteiger partial charge in [-0.15, -0.1) is 0 Å². The minimum absolute atomic E-state index is 0.393. The highest BCUT2D eigenvalue weighted by molar-refractivity contribution is 5.50. The van der Waals surface area contributed by atoms with Crippen molar-refractivity contribution < 1.29 is 10.2 Å². The highest BCUT2D eigenvalue weighted by Gasteiger charge is 2.16. The van der Waals surface area contributed by atoms with Crippen molar-refractivity contribution >= 4 is 0 Å². The fourth-order valence-electron chi connectivity index (χ4n) is 4.80. The minimum atomic E-state index is 0.393. The first-order valence-corrected chi connectivity index (χ1v) is 11.7. The van der Waals surface area contributed by atoms with Gasteiger partial charge >= 0.3 is 0 Å². The van der Waals surface area contributed by atoms with E-state index in [0.29, 0.717) is 23.3 Å². The highest BCUT2D eigenvalue weighted by atomic mass is 16.3. The van der Waals surface area contributed by atoms with Gasteiger partial charge in [0.1, 0.15) is 11.5 Å². The molecule has 0 saturated carbocycles. The van der Waals surface area contributed by atoms with Crippen LogP contribution in [0, 0.1) is 41.5 Å². The van der Waals surface area contributed by atoms with Gasteiger partial charge < -0.3 is 10.2 Å². The molecule has 2 nitrogen and oxygen atoms in total. The molecule has 2 N–H and O–H groups in total. The van der Waals surface area contributed by atoms with E-state index in [2.05, 4.69) is 64.1 Å². The van der Waals surface area contributed by atoms with Gasteiger partial charge in [-0.3, -0.25) is 0 Å². The Hall–Kier alpha value is -2.74. The monoisotopic (exact) mass is 430 g/mol. The summed E-state index contributed by atoms with van der Waals surface area (Å²) in [4.78, 5) is 0. The molecule has 0 aliphatic carbocycles. The molecular weight excluding hydrogens is 392 g/mol. The summed E-state index contributed by atoms with van der Waals surface area (Å²) in [5.41, 5.74) is 11.6. The topological polar surface area (TPSA) is 40.5 Å². The first-order chi connectivity index (χ1) is 15.0. The highest BCUT2D eigenvalue weighted by Crippen LogP contribution is 2.33. The number of aromatic hydroxyl groups is 2. The van der Waals surface area contributed by atoms with Crippen LogP contribution in [-0.2, 0) is 12.8 Å². The van der Waals surface area contributed by atoms with Gasteiger partial charge in [0, 0.05) is 0 Å². The second kappa shape index (κ2) is 9.40. The molecule has 0 aromatic heterocycles. The van der Waals surface area contributed by atoms with Crippen LogP contribution in [0.4, 0.5) is 0 Å². The predicted molar refractivity (Wildman–Crippen MR) is 135 cm³/mol. The van der Waals surface area contributed by atoms with Crippen molar-refractivity contribution in [2.24, 2.45) is 0 Å². The third kappa shape index (κ3) is 4.70. The van der Waals surface area contributed by atoms with Crippen LogP contribution in [0.5, 0.6) is 11.5 Å². The summed E-state index contributed by atoms with van der Waals surface area (Å²) >= 11 is 0. The molecule has 0 aliphatic rings. The summed E-state index contributed by atoms with van der Waals surface area (Å²) in [6, 6.07) is 13.3. The van der Waals surface area contributed by atoms with Gasteiger partial charge in [0.15, 0.2) is 0 Å². The fraction of sp³-hybridized carbons (Fsp3) is 0.400. The Morgan fingerprint density at radius 3 is 1.34 bits per heavy atom. The van der Waals surface area contributed by atoms with Crippen LogP contribution < -0.4 is 0 Å². The zero-order chi connectivity index (χ0) is 23.7. The van der Waals surface area contributed by atoms with Crippen molar-refractivity contribution in [2.75, 3.05) is 0 Å². The Labute approximate surface area is 194 Å². The van der Waals surface area contributed by atoms with Gasteiger partial charge in [-0.25, -0.2) is 0 Å². The molecule has 0 spiro atoms. The SMILES string of the molecule is Cc1cc(CC(C)c2cccc(C(C)Cc3cc(C)c(O)c(C)c3C)c2)c(C)c(C)c1O. The van der Waals surface area contributed by atoms with E-state index < -0.39 is 0 Å². The Morgan fingerprint density at radius 2 is 0.969 bits per heavy atom. The average molecular weight is 431 g/mol.